The van der Waals surface area contributed by atoms with Crippen LogP contribution in [0, 0.1) is 10.1 Å². The topological polar surface area (TPSA) is 69.4 Å². The number of hydrogen-bond acceptors (Lipinski definition) is 4. The summed E-state index contributed by atoms with van der Waals surface area (Å²) in [5.74, 6) is 0.545. The average molecular weight is 271 g/mol. The number of hydrogen-bond donors (Lipinski definition) is 0. The van der Waals surface area contributed by atoms with Crippen molar-refractivity contribution < 1.29 is 14.5 Å². The molecule has 0 saturated carbocycles. The van der Waals surface area contributed by atoms with Crippen molar-refractivity contribution in [1.29, 1.82) is 0 Å². The highest BCUT2D eigenvalue weighted by Gasteiger charge is 2.12. The van der Waals surface area contributed by atoms with Gasteiger partial charge in [0.1, 0.15) is 12.4 Å². The fourth-order valence-corrected chi connectivity index (χ4v) is 1.76. The molecule has 0 spiro atoms. The number of ether oxygens (including phenoxy) is 1. The summed E-state index contributed by atoms with van der Waals surface area (Å²) in [5.41, 5.74) is 1.14. The maximum Gasteiger partial charge on any atom is 0.276 e. The van der Waals surface area contributed by atoms with E-state index in [-0.39, 0.29) is 18.1 Å². The summed E-state index contributed by atoms with van der Waals surface area (Å²) in [4.78, 5) is 21.6. The summed E-state index contributed by atoms with van der Waals surface area (Å²) in [6, 6.07) is 13.1. The predicted octanol–water partition coefficient (Wildman–Crippen LogP) is 3.38. The van der Waals surface area contributed by atoms with Crippen LogP contribution < -0.4 is 4.74 Å². The Balaban J connectivity index is 2.09. The summed E-state index contributed by atoms with van der Waals surface area (Å²) in [6.45, 7) is 1.60. The van der Waals surface area contributed by atoms with E-state index in [1.807, 2.05) is 0 Å². The van der Waals surface area contributed by atoms with Gasteiger partial charge >= 0.3 is 0 Å². The van der Waals surface area contributed by atoms with Crippen molar-refractivity contribution in [2.75, 3.05) is 0 Å². The lowest BCUT2D eigenvalue weighted by Crippen LogP contribution is -2.00. The molecule has 0 fully saturated rings. The number of nitro groups is 1. The van der Waals surface area contributed by atoms with E-state index < -0.39 is 4.92 Å². The summed E-state index contributed by atoms with van der Waals surface area (Å²) in [6.07, 6.45) is 0. The first kappa shape index (κ1) is 13.7. The quantitative estimate of drug-likeness (QED) is 0.475. The highest BCUT2D eigenvalue weighted by atomic mass is 16.6. The zero-order valence-corrected chi connectivity index (χ0v) is 10.9. The first-order valence-corrected chi connectivity index (χ1v) is 6.04. The molecule has 2 aromatic rings. The average Bonchev–Trinajstić information content (AvgIpc) is 2.45. The second kappa shape index (κ2) is 5.97. The third kappa shape index (κ3) is 3.20. The molecular formula is C15H13NO4. The van der Waals surface area contributed by atoms with Crippen molar-refractivity contribution in [2.24, 2.45) is 0 Å². The molecule has 20 heavy (non-hydrogen) atoms. The summed E-state index contributed by atoms with van der Waals surface area (Å²) < 4.78 is 5.50. The summed E-state index contributed by atoms with van der Waals surface area (Å²) >= 11 is 0. The molecule has 0 aliphatic carbocycles. The third-order valence-electron chi connectivity index (χ3n) is 2.84. The molecule has 0 aromatic heterocycles. The standard InChI is InChI=1S/C15H13NO4/c1-11(17)12-6-8-14(9-7-12)20-10-13-4-2-3-5-15(13)16(18)19/h2-9H,10H2,1H3. The number of rotatable bonds is 5. The molecule has 0 atom stereocenters. The molecule has 0 unspecified atom stereocenters. The number of Topliss-reactive ketones (excluding diaryl/α,β-unsaturated/α-hetero) is 1. The molecule has 0 amide bonds. The van der Waals surface area contributed by atoms with Gasteiger partial charge in [0.25, 0.3) is 5.69 Å². The molecule has 102 valence electrons. The maximum atomic E-state index is 11.1. The van der Waals surface area contributed by atoms with Crippen LogP contribution in [0.4, 0.5) is 5.69 Å². The largest absolute Gasteiger partial charge is 0.489 e. The van der Waals surface area contributed by atoms with Crippen LogP contribution in [0.25, 0.3) is 0 Å². The van der Waals surface area contributed by atoms with Crippen LogP contribution in [-0.4, -0.2) is 10.7 Å². The number of nitrogens with zero attached hydrogens (tertiary/aromatic N) is 1. The second-order valence-corrected chi connectivity index (χ2v) is 4.26. The molecule has 2 aromatic carbocycles. The van der Waals surface area contributed by atoms with Crippen molar-refractivity contribution in [1.82, 2.24) is 0 Å². The highest BCUT2D eigenvalue weighted by molar-refractivity contribution is 5.94. The minimum Gasteiger partial charge on any atom is -0.489 e. The van der Waals surface area contributed by atoms with Gasteiger partial charge in [-0.3, -0.25) is 14.9 Å². The van der Waals surface area contributed by atoms with Crippen LogP contribution in [0.2, 0.25) is 0 Å². The molecule has 0 aliphatic rings. The molecule has 0 saturated heterocycles. The lowest BCUT2D eigenvalue weighted by molar-refractivity contribution is -0.385. The van der Waals surface area contributed by atoms with Gasteiger partial charge < -0.3 is 4.74 Å². The molecule has 2 rings (SSSR count). The first-order valence-electron chi connectivity index (χ1n) is 6.04. The lowest BCUT2D eigenvalue weighted by atomic mass is 10.1. The molecule has 5 nitrogen and oxygen atoms in total. The lowest BCUT2D eigenvalue weighted by Gasteiger charge is -2.07. The van der Waals surface area contributed by atoms with Crippen LogP contribution in [-0.2, 0) is 6.61 Å². The minimum atomic E-state index is -0.433. The first-order chi connectivity index (χ1) is 9.58. The Morgan fingerprint density at radius 3 is 2.40 bits per heavy atom. The Kier molecular flexibility index (Phi) is 4.10. The van der Waals surface area contributed by atoms with Gasteiger partial charge in [-0.15, -0.1) is 0 Å². The number of carbonyl (C=O) groups is 1. The van der Waals surface area contributed by atoms with E-state index in [1.165, 1.54) is 13.0 Å². The fraction of sp³-hybridized carbons (Fsp3) is 0.133. The summed E-state index contributed by atoms with van der Waals surface area (Å²) in [7, 11) is 0. The molecule has 0 heterocycles. The van der Waals surface area contributed by atoms with Gasteiger partial charge in [0.05, 0.1) is 10.5 Å². The van der Waals surface area contributed by atoms with Crippen LogP contribution in [0.5, 0.6) is 5.75 Å². The number of carbonyl (C=O) groups excluding carboxylic acids is 1. The van der Waals surface area contributed by atoms with Crippen LogP contribution in [0.1, 0.15) is 22.8 Å². The maximum absolute atomic E-state index is 11.1. The Morgan fingerprint density at radius 1 is 1.15 bits per heavy atom. The Morgan fingerprint density at radius 2 is 1.80 bits per heavy atom. The van der Waals surface area contributed by atoms with E-state index in [2.05, 4.69) is 0 Å². The van der Waals surface area contributed by atoms with E-state index >= 15 is 0 Å². The summed E-state index contributed by atoms with van der Waals surface area (Å²) in [5, 5.41) is 10.9. The van der Waals surface area contributed by atoms with E-state index in [4.69, 9.17) is 4.74 Å². The van der Waals surface area contributed by atoms with Gasteiger partial charge in [-0.1, -0.05) is 12.1 Å². The zero-order valence-electron chi connectivity index (χ0n) is 10.9. The molecule has 0 aliphatic heterocycles. The van der Waals surface area contributed by atoms with Crippen molar-refractivity contribution in [3.05, 3.63) is 69.8 Å². The highest BCUT2D eigenvalue weighted by Crippen LogP contribution is 2.20. The smallest absolute Gasteiger partial charge is 0.276 e. The van der Waals surface area contributed by atoms with Crippen LogP contribution in [0.15, 0.2) is 48.5 Å². The monoisotopic (exact) mass is 271 g/mol. The van der Waals surface area contributed by atoms with Crippen molar-refractivity contribution in [2.45, 2.75) is 13.5 Å². The second-order valence-electron chi connectivity index (χ2n) is 4.26. The van der Waals surface area contributed by atoms with Crippen LogP contribution in [0.3, 0.4) is 0 Å². The Hall–Kier alpha value is -2.69. The number of nitro benzene ring substituents is 1. The zero-order chi connectivity index (χ0) is 14.5. The number of ketones is 1. The van der Waals surface area contributed by atoms with Gasteiger partial charge in [-0.2, -0.15) is 0 Å². The van der Waals surface area contributed by atoms with Gasteiger partial charge in [-0.25, -0.2) is 0 Å². The van der Waals surface area contributed by atoms with Gasteiger partial charge in [0, 0.05) is 11.6 Å². The normalized spacial score (nSPS) is 10.1. The SMILES string of the molecule is CC(=O)c1ccc(OCc2ccccc2[N+](=O)[O-])cc1. The van der Waals surface area contributed by atoms with Gasteiger partial charge in [0.2, 0.25) is 0 Å². The molecule has 0 N–H and O–H groups in total. The van der Waals surface area contributed by atoms with E-state index in [1.54, 1.807) is 42.5 Å². The molecule has 0 bridgehead atoms. The van der Waals surface area contributed by atoms with E-state index in [0.29, 0.717) is 16.9 Å². The van der Waals surface area contributed by atoms with Gasteiger partial charge in [0.15, 0.2) is 5.78 Å². The minimum absolute atomic E-state index is 0.0183. The Bertz CT molecular complexity index is 635. The fourth-order valence-electron chi connectivity index (χ4n) is 1.76. The molecule has 5 heteroatoms. The number of benzene rings is 2. The van der Waals surface area contributed by atoms with Crippen molar-refractivity contribution in [3.63, 3.8) is 0 Å². The third-order valence-corrected chi connectivity index (χ3v) is 2.84. The molecule has 0 radical (unpaired) electrons. The van der Waals surface area contributed by atoms with Crippen molar-refractivity contribution in [3.8, 4) is 5.75 Å². The van der Waals surface area contributed by atoms with Crippen LogP contribution >= 0.6 is 0 Å². The van der Waals surface area contributed by atoms with Crippen molar-refractivity contribution >= 4 is 11.5 Å². The predicted molar refractivity (Wildman–Crippen MR) is 73.9 cm³/mol. The van der Waals surface area contributed by atoms with E-state index in [9.17, 15) is 14.9 Å². The molecular weight excluding hydrogens is 258 g/mol. The van der Waals surface area contributed by atoms with Gasteiger partial charge in [-0.05, 0) is 37.3 Å². The van der Waals surface area contributed by atoms with E-state index in [0.717, 1.165) is 0 Å². The Labute approximate surface area is 116 Å². The number of para-hydroxylation sites is 1.